The van der Waals surface area contributed by atoms with Crippen molar-refractivity contribution in [2.45, 2.75) is 19.4 Å². The summed E-state index contributed by atoms with van der Waals surface area (Å²) in [6.45, 7) is 2.80. The highest BCUT2D eigenvalue weighted by Gasteiger charge is 2.06. The van der Waals surface area contributed by atoms with E-state index >= 15 is 0 Å². The van der Waals surface area contributed by atoms with Gasteiger partial charge in [-0.05, 0) is 37.6 Å². The smallest absolute Gasteiger partial charge is 0.147 e. The van der Waals surface area contributed by atoms with E-state index in [1.165, 1.54) is 17.5 Å². The van der Waals surface area contributed by atoms with Gasteiger partial charge in [0.05, 0.1) is 5.75 Å². The predicted octanol–water partition coefficient (Wildman–Crippen LogP) is 1.84. The van der Waals surface area contributed by atoms with Crippen molar-refractivity contribution < 1.29 is 8.42 Å². The quantitative estimate of drug-likeness (QED) is 0.776. The van der Waals surface area contributed by atoms with Crippen molar-refractivity contribution in [1.82, 2.24) is 5.32 Å². The SMILES string of the molecule is CC(NCCCS(C)(=O)=O)c1ccc(N(C)C)cc1. The van der Waals surface area contributed by atoms with Crippen LogP contribution in [-0.2, 0) is 9.84 Å². The highest BCUT2D eigenvalue weighted by Crippen LogP contribution is 2.17. The van der Waals surface area contributed by atoms with Crippen LogP contribution in [0.3, 0.4) is 0 Å². The molecule has 1 N–H and O–H groups in total. The number of nitrogens with zero attached hydrogens (tertiary/aromatic N) is 1. The van der Waals surface area contributed by atoms with Crippen molar-refractivity contribution in [2.75, 3.05) is 37.5 Å². The molecule has 0 aromatic heterocycles. The molecule has 108 valence electrons. The molecule has 0 fully saturated rings. The lowest BCUT2D eigenvalue weighted by Crippen LogP contribution is -2.22. The summed E-state index contributed by atoms with van der Waals surface area (Å²) >= 11 is 0. The Bertz CT molecular complexity index is 481. The van der Waals surface area contributed by atoms with Gasteiger partial charge < -0.3 is 10.2 Å². The van der Waals surface area contributed by atoms with Gasteiger partial charge in [-0.3, -0.25) is 0 Å². The van der Waals surface area contributed by atoms with Crippen LogP contribution in [0.2, 0.25) is 0 Å². The molecule has 0 heterocycles. The van der Waals surface area contributed by atoms with Gasteiger partial charge in [0.1, 0.15) is 9.84 Å². The molecule has 0 bridgehead atoms. The maximum absolute atomic E-state index is 11.0. The first-order valence-corrected chi connectivity index (χ1v) is 8.54. The summed E-state index contributed by atoms with van der Waals surface area (Å²) < 4.78 is 22.0. The largest absolute Gasteiger partial charge is 0.378 e. The standard InChI is InChI=1S/C14H24N2O2S/c1-12(15-10-5-11-19(4,17)18)13-6-8-14(9-7-13)16(2)3/h6-9,12,15H,5,10-11H2,1-4H3. The first-order valence-electron chi connectivity index (χ1n) is 6.48. The van der Waals surface area contributed by atoms with Crippen LogP contribution in [0.1, 0.15) is 24.9 Å². The van der Waals surface area contributed by atoms with Crippen molar-refractivity contribution in [2.24, 2.45) is 0 Å². The molecule has 1 aromatic carbocycles. The van der Waals surface area contributed by atoms with Crippen molar-refractivity contribution in [3.8, 4) is 0 Å². The summed E-state index contributed by atoms with van der Waals surface area (Å²) in [5, 5.41) is 3.34. The maximum atomic E-state index is 11.0. The molecule has 4 nitrogen and oxygen atoms in total. The summed E-state index contributed by atoms with van der Waals surface area (Å²) in [4.78, 5) is 2.06. The number of rotatable bonds is 7. The second-order valence-electron chi connectivity index (χ2n) is 5.15. The van der Waals surface area contributed by atoms with E-state index in [0.717, 1.165) is 0 Å². The Hall–Kier alpha value is -1.07. The second kappa shape index (κ2) is 6.91. The van der Waals surface area contributed by atoms with E-state index in [0.29, 0.717) is 13.0 Å². The van der Waals surface area contributed by atoms with Gasteiger partial charge in [-0.15, -0.1) is 0 Å². The van der Waals surface area contributed by atoms with Gasteiger partial charge in [-0.2, -0.15) is 0 Å². The van der Waals surface area contributed by atoms with Crippen LogP contribution in [0.4, 0.5) is 5.69 Å². The van der Waals surface area contributed by atoms with Gasteiger partial charge >= 0.3 is 0 Å². The number of hydrogen-bond donors (Lipinski definition) is 1. The number of sulfone groups is 1. The zero-order chi connectivity index (χ0) is 14.5. The fraction of sp³-hybridized carbons (Fsp3) is 0.571. The fourth-order valence-corrected chi connectivity index (χ4v) is 2.50. The zero-order valence-corrected chi connectivity index (χ0v) is 13.0. The average molecular weight is 284 g/mol. The van der Waals surface area contributed by atoms with Crippen LogP contribution in [-0.4, -0.2) is 41.1 Å². The minimum Gasteiger partial charge on any atom is -0.378 e. The van der Waals surface area contributed by atoms with Crippen LogP contribution < -0.4 is 10.2 Å². The zero-order valence-electron chi connectivity index (χ0n) is 12.2. The van der Waals surface area contributed by atoms with Gasteiger partial charge in [-0.25, -0.2) is 8.42 Å². The van der Waals surface area contributed by atoms with E-state index < -0.39 is 9.84 Å². The van der Waals surface area contributed by atoms with E-state index in [2.05, 4.69) is 41.4 Å². The lowest BCUT2D eigenvalue weighted by atomic mass is 10.1. The number of hydrogen-bond acceptors (Lipinski definition) is 4. The molecule has 0 saturated carbocycles. The first kappa shape index (κ1) is 16.0. The van der Waals surface area contributed by atoms with E-state index in [1.54, 1.807) is 0 Å². The third-order valence-electron chi connectivity index (χ3n) is 3.05. The number of nitrogens with one attached hydrogen (secondary N) is 1. The molecule has 1 rings (SSSR count). The topological polar surface area (TPSA) is 49.4 Å². The van der Waals surface area contributed by atoms with E-state index in [-0.39, 0.29) is 11.8 Å². The molecular weight excluding hydrogens is 260 g/mol. The number of benzene rings is 1. The van der Waals surface area contributed by atoms with Crippen LogP contribution >= 0.6 is 0 Å². The normalized spacial score (nSPS) is 13.3. The highest BCUT2D eigenvalue weighted by atomic mass is 32.2. The molecule has 0 aliphatic carbocycles. The molecule has 0 spiro atoms. The minimum atomic E-state index is -2.85. The number of anilines is 1. The molecule has 1 atom stereocenters. The summed E-state index contributed by atoms with van der Waals surface area (Å²) in [6.07, 6.45) is 1.93. The highest BCUT2D eigenvalue weighted by molar-refractivity contribution is 7.90. The lowest BCUT2D eigenvalue weighted by Gasteiger charge is -2.17. The van der Waals surface area contributed by atoms with Crippen LogP contribution in [0, 0.1) is 0 Å². The van der Waals surface area contributed by atoms with Crippen LogP contribution in [0.5, 0.6) is 0 Å². The van der Waals surface area contributed by atoms with E-state index in [4.69, 9.17) is 0 Å². The molecular formula is C14H24N2O2S. The molecule has 19 heavy (non-hydrogen) atoms. The molecule has 1 aromatic rings. The van der Waals surface area contributed by atoms with Gasteiger partial charge in [0.25, 0.3) is 0 Å². The molecule has 0 amide bonds. The second-order valence-corrected chi connectivity index (χ2v) is 7.40. The van der Waals surface area contributed by atoms with Gasteiger partial charge in [0.2, 0.25) is 0 Å². The van der Waals surface area contributed by atoms with Crippen molar-refractivity contribution >= 4 is 15.5 Å². The summed E-state index contributed by atoms with van der Waals surface area (Å²) in [5.41, 5.74) is 2.39. The van der Waals surface area contributed by atoms with Crippen LogP contribution in [0.15, 0.2) is 24.3 Å². The monoisotopic (exact) mass is 284 g/mol. The summed E-state index contributed by atoms with van der Waals surface area (Å²) in [5.74, 6) is 0.242. The Morgan fingerprint density at radius 1 is 1.21 bits per heavy atom. The Labute approximate surface area is 116 Å². The Kier molecular flexibility index (Phi) is 5.82. The fourth-order valence-electron chi connectivity index (χ4n) is 1.83. The van der Waals surface area contributed by atoms with Gasteiger partial charge in [-0.1, -0.05) is 12.1 Å². The van der Waals surface area contributed by atoms with Gasteiger partial charge in [0.15, 0.2) is 0 Å². The molecule has 1 unspecified atom stereocenters. The average Bonchev–Trinajstić information content (AvgIpc) is 2.33. The van der Waals surface area contributed by atoms with Crippen molar-refractivity contribution in [1.29, 1.82) is 0 Å². The summed E-state index contributed by atoms with van der Waals surface area (Å²) in [6, 6.07) is 8.61. The predicted molar refractivity (Wildman–Crippen MR) is 81.5 cm³/mol. The molecule has 0 aliphatic heterocycles. The lowest BCUT2D eigenvalue weighted by molar-refractivity contribution is 0.562. The van der Waals surface area contributed by atoms with E-state index in [9.17, 15) is 8.42 Å². The Morgan fingerprint density at radius 2 is 1.79 bits per heavy atom. The Balaban J connectivity index is 2.43. The van der Waals surface area contributed by atoms with E-state index in [1.807, 2.05) is 14.1 Å². The first-order chi connectivity index (χ1) is 8.79. The van der Waals surface area contributed by atoms with Crippen molar-refractivity contribution in [3.63, 3.8) is 0 Å². The molecule has 0 aliphatic rings. The van der Waals surface area contributed by atoms with Crippen molar-refractivity contribution in [3.05, 3.63) is 29.8 Å². The van der Waals surface area contributed by atoms with Crippen LogP contribution in [0.25, 0.3) is 0 Å². The van der Waals surface area contributed by atoms with Gasteiger partial charge in [0, 0.05) is 32.1 Å². The third-order valence-corrected chi connectivity index (χ3v) is 4.08. The summed E-state index contributed by atoms with van der Waals surface area (Å²) in [7, 11) is 1.18. The Morgan fingerprint density at radius 3 is 2.26 bits per heavy atom. The minimum absolute atomic E-state index is 0.232. The maximum Gasteiger partial charge on any atom is 0.147 e. The molecule has 0 saturated heterocycles. The molecule has 5 heteroatoms. The molecule has 0 radical (unpaired) electrons. The third kappa shape index (κ3) is 6.07.